The zero-order valence-electron chi connectivity index (χ0n) is 4.65. The van der Waals surface area contributed by atoms with Crippen LogP contribution >= 0.6 is 59.4 Å². The van der Waals surface area contributed by atoms with Gasteiger partial charge >= 0.3 is 5.97 Å². The predicted molar refractivity (Wildman–Crippen MR) is 51.7 cm³/mol. The molecule has 0 rings (SSSR count). The fourth-order valence-electron chi connectivity index (χ4n) is 0.248. The first kappa shape index (κ1) is 11.2. The molecule has 0 aromatic rings. The summed E-state index contributed by atoms with van der Waals surface area (Å²) in [6, 6.07) is 0. The summed E-state index contributed by atoms with van der Waals surface area (Å²) in [5.41, 5.74) is 0. The summed E-state index contributed by atoms with van der Waals surface area (Å²) in [6.07, 6.45) is 0. The molecule has 0 fully saturated rings. The highest BCUT2D eigenvalue weighted by atomic mass is 79.9. The summed E-state index contributed by atoms with van der Waals surface area (Å²) in [5, 5.41) is 7.86. The molecule has 0 aliphatic rings. The molecular weight excluding hydrogens is 355 g/mol. The lowest BCUT2D eigenvalue weighted by Gasteiger charge is -2.19. The molecule has 0 aromatic heterocycles. The first-order valence-corrected chi connectivity index (χ1v) is 5.37. The van der Waals surface area contributed by atoms with E-state index in [1.165, 1.54) is 0 Å². The zero-order chi connectivity index (χ0) is 8.36. The molecule has 0 heterocycles. The van der Waals surface area contributed by atoms with Gasteiger partial charge in [-0.3, -0.25) is 4.79 Å². The Hall–Kier alpha value is 1.20. The number of hydrogen-bond donors (Lipinski definition) is 1. The maximum Gasteiger partial charge on any atom is 0.324 e. The number of carboxylic acid groups (broad SMARTS) is 1. The van der Waals surface area contributed by atoms with Crippen LogP contribution in [0.4, 0.5) is 0 Å². The van der Waals surface area contributed by atoms with Crippen LogP contribution in [0.15, 0.2) is 0 Å². The SMILES string of the molecule is O=C(O)C(Cl)C(Br)(Br)CBr. The summed E-state index contributed by atoms with van der Waals surface area (Å²) in [7, 11) is 0. The van der Waals surface area contributed by atoms with E-state index in [4.69, 9.17) is 16.7 Å². The molecule has 0 saturated carbocycles. The largest absolute Gasteiger partial charge is 0.480 e. The molecule has 1 unspecified atom stereocenters. The minimum Gasteiger partial charge on any atom is -0.480 e. The normalized spacial score (nSPS) is 14.8. The first-order chi connectivity index (χ1) is 4.41. The molecule has 0 amide bonds. The van der Waals surface area contributed by atoms with Crippen molar-refractivity contribution in [2.24, 2.45) is 0 Å². The van der Waals surface area contributed by atoms with Crippen molar-refractivity contribution in [3.63, 3.8) is 0 Å². The number of rotatable bonds is 3. The van der Waals surface area contributed by atoms with E-state index in [0.29, 0.717) is 5.33 Å². The van der Waals surface area contributed by atoms with Gasteiger partial charge < -0.3 is 5.11 Å². The molecule has 0 aliphatic carbocycles. The van der Waals surface area contributed by atoms with Crippen molar-refractivity contribution in [3.05, 3.63) is 0 Å². The summed E-state index contributed by atoms with van der Waals surface area (Å²) in [6.45, 7) is 0. The third-order valence-corrected chi connectivity index (χ3v) is 5.72. The molecule has 10 heavy (non-hydrogen) atoms. The standard InChI is InChI=1S/C4H4Br3ClO2/c5-1-4(6,7)2(8)3(9)10/h2H,1H2,(H,9,10). The quantitative estimate of drug-likeness (QED) is 0.787. The van der Waals surface area contributed by atoms with Gasteiger partial charge in [0.1, 0.15) is 3.23 Å². The van der Waals surface area contributed by atoms with Crippen molar-refractivity contribution in [1.82, 2.24) is 0 Å². The maximum atomic E-state index is 10.3. The molecule has 0 bridgehead atoms. The Labute approximate surface area is 88.7 Å². The number of carboxylic acids is 1. The van der Waals surface area contributed by atoms with Gasteiger partial charge in [-0.05, 0) is 0 Å². The number of carbonyl (C=O) groups is 1. The van der Waals surface area contributed by atoms with E-state index >= 15 is 0 Å². The summed E-state index contributed by atoms with van der Waals surface area (Å²) < 4.78 is -0.770. The number of hydrogen-bond acceptors (Lipinski definition) is 1. The summed E-state index contributed by atoms with van der Waals surface area (Å²) in [4.78, 5) is 10.3. The van der Waals surface area contributed by atoms with Crippen molar-refractivity contribution in [3.8, 4) is 0 Å². The van der Waals surface area contributed by atoms with Crippen molar-refractivity contribution >= 4 is 65.4 Å². The van der Waals surface area contributed by atoms with Crippen molar-refractivity contribution < 1.29 is 9.90 Å². The summed E-state index contributed by atoms with van der Waals surface area (Å²) in [5.74, 6) is -1.06. The van der Waals surface area contributed by atoms with E-state index in [-0.39, 0.29) is 0 Å². The van der Waals surface area contributed by atoms with E-state index in [1.807, 2.05) is 0 Å². The minimum atomic E-state index is -1.06. The maximum absolute atomic E-state index is 10.3. The molecule has 1 N–H and O–H groups in total. The number of alkyl halides is 4. The van der Waals surface area contributed by atoms with Crippen LogP contribution in [0, 0.1) is 0 Å². The van der Waals surface area contributed by atoms with Gasteiger partial charge in [0.2, 0.25) is 0 Å². The molecule has 0 radical (unpaired) electrons. The lowest BCUT2D eigenvalue weighted by Crippen LogP contribution is -2.33. The van der Waals surface area contributed by atoms with Gasteiger partial charge in [0.25, 0.3) is 0 Å². The molecule has 60 valence electrons. The molecular formula is C4H4Br3ClO2. The average Bonchev–Trinajstić information content (AvgIpc) is 1.86. The predicted octanol–water partition coefficient (Wildman–Crippen LogP) is 2.56. The fourth-order valence-corrected chi connectivity index (χ4v) is 1.23. The van der Waals surface area contributed by atoms with E-state index < -0.39 is 14.6 Å². The monoisotopic (exact) mass is 356 g/mol. The highest BCUT2D eigenvalue weighted by molar-refractivity contribution is 9.26. The number of halogens is 4. The molecule has 0 aromatic carbocycles. The average molecular weight is 359 g/mol. The Bertz CT molecular complexity index is 138. The van der Waals surface area contributed by atoms with Gasteiger partial charge in [0.15, 0.2) is 5.38 Å². The van der Waals surface area contributed by atoms with E-state index in [2.05, 4.69) is 47.8 Å². The van der Waals surface area contributed by atoms with E-state index in [1.54, 1.807) is 0 Å². The third-order valence-electron chi connectivity index (χ3n) is 0.766. The van der Waals surface area contributed by atoms with Crippen molar-refractivity contribution in [1.29, 1.82) is 0 Å². The van der Waals surface area contributed by atoms with Gasteiger partial charge in [0.05, 0.1) is 0 Å². The highest BCUT2D eigenvalue weighted by Crippen LogP contribution is 2.35. The second-order valence-electron chi connectivity index (χ2n) is 1.60. The first-order valence-electron chi connectivity index (χ1n) is 2.22. The molecule has 0 saturated heterocycles. The Kier molecular flexibility index (Phi) is 4.80. The van der Waals surface area contributed by atoms with Gasteiger partial charge in [-0.25, -0.2) is 0 Å². The van der Waals surface area contributed by atoms with E-state index in [0.717, 1.165) is 0 Å². The molecule has 6 heteroatoms. The van der Waals surface area contributed by atoms with Crippen LogP contribution in [0.3, 0.4) is 0 Å². The second kappa shape index (κ2) is 4.28. The smallest absolute Gasteiger partial charge is 0.324 e. The van der Waals surface area contributed by atoms with Crippen LogP contribution in [-0.4, -0.2) is 25.0 Å². The Morgan fingerprint density at radius 2 is 2.10 bits per heavy atom. The highest BCUT2D eigenvalue weighted by Gasteiger charge is 2.36. The Balaban J connectivity index is 4.17. The Morgan fingerprint density at radius 3 is 2.20 bits per heavy atom. The second-order valence-corrected chi connectivity index (χ2v) is 6.49. The lowest BCUT2D eigenvalue weighted by atomic mass is 10.3. The molecule has 1 atom stereocenters. The lowest BCUT2D eigenvalue weighted by molar-refractivity contribution is -0.136. The van der Waals surface area contributed by atoms with Gasteiger partial charge in [-0.2, -0.15) is 0 Å². The van der Waals surface area contributed by atoms with Crippen LogP contribution < -0.4 is 0 Å². The third kappa shape index (κ3) is 3.07. The number of aliphatic carboxylic acids is 1. The van der Waals surface area contributed by atoms with Crippen molar-refractivity contribution in [2.45, 2.75) is 8.61 Å². The van der Waals surface area contributed by atoms with Crippen molar-refractivity contribution in [2.75, 3.05) is 5.33 Å². The van der Waals surface area contributed by atoms with E-state index in [9.17, 15) is 4.79 Å². The zero-order valence-corrected chi connectivity index (χ0v) is 10.2. The van der Waals surface area contributed by atoms with Crippen LogP contribution in [0.1, 0.15) is 0 Å². The molecule has 2 nitrogen and oxygen atoms in total. The van der Waals surface area contributed by atoms with Crippen LogP contribution in [0.25, 0.3) is 0 Å². The molecule has 0 aliphatic heterocycles. The van der Waals surface area contributed by atoms with Gasteiger partial charge in [-0.1, -0.05) is 47.8 Å². The van der Waals surface area contributed by atoms with Crippen LogP contribution in [0.2, 0.25) is 0 Å². The summed E-state index contributed by atoms with van der Waals surface area (Å²) >= 11 is 14.8. The Morgan fingerprint density at radius 1 is 1.70 bits per heavy atom. The van der Waals surface area contributed by atoms with Crippen LogP contribution in [-0.2, 0) is 4.79 Å². The minimum absolute atomic E-state index is 0.417. The van der Waals surface area contributed by atoms with Gasteiger partial charge in [0, 0.05) is 5.33 Å². The molecule has 0 spiro atoms. The topological polar surface area (TPSA) is 37.3 Å². The van der Waals surface area contributed by atoms with Crippen LogP contribution in [0.5, 0.6) is 0 Å². The van der Waals surface area contributed by atoms with Gasteiger partial charge in [-0.15, -0.1) is 11.6 Å². The fraction of sp³-hybridized carbons (Fsp3) is 0.750.